The van der Waals surface area contributed by atoms with Crippen LogP contribution in [-0.2, 0) is 9.53 Å². The van der Waals surface area contributed by atoms with Crippen LogP contribution in [0.2, 0.25) is 0 Å². The first-order valence-electron chi connectivity index (χ1n) is 9.50. The molecule has 1 aliphatic heterocycles. The Morgan fingerprint density at radius 2 is 2.21 bits per heavy atom. The molecule has 0 saturated heterocycles. The Morgan fingerprint density at radius 1 is 1.38 bits per heavy atom. The zero-order chi connectivity index (χ0) is 17.4. The van der Waals surface area contributed by atoms with Crippen molar-refractivity contribution in [3.63, 3.8) is 0 Å². The van der Waals surface area contributed by atoms with E-state index in [1.807, 2.05) is 12.2 Å². The monoisotopic (exact) mass is 336 g/mol. The number of carbonyl (C=O) groups is 1. The van der Waals surface area contributed by atoms with Gasteiger partial charge in [0.15, 0.2) is 0 Å². The average molecular weight is 336 g/mol. The van der Waals surface area contributed by atoms with Crippen molar-refractivity contribution in [3.8, 4) is 0 Å². The summed E-state index contributed by atoms with van der Waals surface area (Å²) in [6.07, 6.45) is 14.3. The van der Waals surface area contributed by atoms with Gasteiger partial charge < -0.3 is 14.9 Å². The highest BCUT2D eigenvalue weighted by Crippen LogP contribution is 2.38. The largest absolute Gasteiger partial charge is 0.462 e. The summed E-state index contributed by atoms with van der Waals surface area (Å²) >= 11 is 0. The van der Waals surface area contributed by atoms with E-state index < -0.39 is 12.2 Å². The number of fused-ring (bicyclic) bond motifs is 1. The van der Waals surface area contributed by atoms with Gasteiger partial charge in [-0.05, 0) is 25.7 Å². The van der Waals surface area contributed by atoms with Crippen molar-refractivity contribution in [1.82, 2.24) is 0 Å². The first kappa shape index (κ1) is 19.2. The van der Waals surface area contributed by atoms with E-state index >= 15 is 0 Å². The summed E-state index contributed by atoms with van der Waals surface area (Å²) in [6, 6.07) is 0. The minimum Gasteiger partial charge on any atom is -0.462 e. The van der Waals surface area contributed by atoms with Crippen LogP contribution in [0.25, 0.3) is 0 Å². The van der Waals surface area contributed by atoms with Gasteiger partial charge in [0, 0.05) is 24.7 Å². The van der Waals surface area contributed by atoms with Crippen molar-refractivity contribution < 1.29 is 19.7 Å². The number of aliphatic hydroxyl groups excluding tert-OH is 2. The van der Waals surface area contributed by atoms with E-state index in [-0.39, 0.29) is 23.9 Å². The summed E-state index contributed by atoms with van der Waals surface area (Å²) < 4.78 is 5.61. The van der Waals surface area contributed by atoms with E-state index in [2.05, 4.69) is 19.1 Å². The minimum absolute atomic E-state index is 0.0623. The van der Waals surface area contributed by atoms with Gasteiger partial charge in [-0.15, -0.1) is 0 Å². The number of esters is 1. The molecule has 0 amide bonds. The molecule has 2 rings (SSSR count). The Bertz CT molecular complexity index is 443. The summed E-state index contributed by atoms with van der Waals surface area (Å²) in [4.78, 5) is 11.9. The van der Waals surface area contributed by atoms with E-state index in [9.17, 15) is 15.0 Å². The van der Waals surface area contributed by atoms with Gasteiger partial charge in [0.05, 0.1) is 12.2 Å². The number of carbonyl (C=O) groups excluding carboxylic acids is 1. The molecule has 24 heavy (non-hydrogen) atoms. The van der Waals surface area contributed by atoms with Crippen molar-refractivity contribution in [2.24, 2.45) is 11.8 Å². The molecule has 1 heterocycles. The third-order valence-corrected chi connectivity index (χ3v) is 5.16. The number of rotatable bonds is 6. The Labute approximate surface area is 145 Å². The lowest BCUT2D eigenvalue weighted by atomic mass is 9.89. The first-order chi connectivity index (χ1) is 11.6. The summed E-state index contributed by atoms with van der Waals surface area (Å²) in [5.74, 6) is -0.123. The summed E-state index contributed by atoms with van der Waals surface area (Å²) in [5.41, 5.74) is 0. The van der Waals surface area contributed by atoms with Crippen LogP contribution in [-0.4, -0.2) is 34.5 Å². The summed E-state index contributed by atoms with van der Waals surface area (Å²) in [5, 5.41) is 20.5. The van der Waals surface area contributed by atoms with Crippen LogP contribution in [0, 0.1) is 11.8 Å². The molecule has 1 saturated carbocycles. The van der Waals surface area contributed by atoms with Crippen LogP contribution >= 0.6 is 0 Å². The van der Waals surface area contributed by atoms with Crippen molar-refractivity contribution in [2.75, 3.05) is 0 Å². The fourth-order valence-electron chi connectivity index (χ4n) is 3.74. The molecule has 2 aliphatic rings. The maximum absolute atomic E-state index is 11.9. The second kappa shape index (κ2) is 10.00. The van der Waals surface area contributed by atoms with Gasteiger partial charge in [0.1, 0.15) is 6.10 Å². The Balaban J connectivity index is 1.99. The molecule has 5 atom stereocenters. The number of hydrogen-bond acceptors (Lipinski definition) is 4. The highest BCUT2D eigenvalue weighted by molar-refractivity contribution is 5.69. The van der Waals surface area contributed by atoms with Crippen LogP contribution in [0.5, 0.6) is 0 Å². The minimum atomic E-state index is -0.513. The SMILES string of the molecule is CCCCCC(O)C=CC1C(O)CC2OC(=O)CCCC=CCC21. The highest BCUT2D eigenvalue weighted by atomic mass is 16.5. The topological polar surface area (TPSA) is 66.8 Å². The van der Waals surface area contributed by atoms with E-state index in [0.29, 0.717) is 12.8 Å². The predicted molar refractivity (Wildman–Crippen MR) is 94.4 cm³/mol. The fourth-order valence-corrected chi connectivity index (χ4v) is 3.74. The molecule has 136 valence electrons. The lowest BCUT2D eigenvalue weighted by molar-refractivity contribution is -0.151. The van der Waals surface area contributed by atoms with Gasteiger partial charge in [0.2, 0.25) is 0 Å². The summed E-state index contributed by atoms with van der Waals surface area (Å²) in [7, 11) is 0. The standard InChI is InChI=1S/C20H32O4/c1-2-3-6-9-15(21)12-13-16-17-10-7-4-5-8-11-20(23)24-19(17)14-18(16)22/h4,7,12-13,15-19,21-22H,2-3,5-6,8-11,14H2,1H3. The van der Waals surface area contributed by atoms with Crippen LogP contribution in [0.15, 0.2) is 24.3 Å². The van der Waals surface area contributed by atoms with Crippen molar-refractivity contribution in [3.05, 3.63) is 24.3 Å². The van der Waals surface area contributed by atoms with Gasteiger partial charge in [-0.2, -0.15) is 0 Å². The van der Waals surface area contributed by atoms with Crippen molar-refractivity contribution in [1.29, 1.82) is 0 Å². The first-order valence-corrected chi connectivity index (χ1v) is 9.50. The number of ether oxygens (including phenoxy) is 1. The number of hydrogen-bond donors (Lipinski definition) is 2. The van der Waals surface area contributed by atoms with E-state index in [4.69, 9.17) is 4.74 Å². The normalized spacial score (nSPS) is 32.5. The van der Waals surface area contributed by atoms with E-state index in [1.165, 1.54) is 0 Å². The van der Waals surface area contributed by atoms with Crippen LogP contribution < -0.4 is 0 Å². The molecular formula is C20H32O4. The van der Waals surface area contributed by atoms with E-state index in [0.717, 1.165) is 44.9 Å². The lowest BCUT2D eigenvalue weighted by Crippen LogP contribution is -2.25. The van der Waals surface area contributed by atoms with Crippen LogP contribution in [0.4, 0.5) is 0 Å². The summed E-state index contributed by atoms with van der Waals surface area (Å²) in [6.45, 7) is 2.14. The Kier molecular flexibility index (Phi) is 8.00. The smallest absolute Gasteiger partial charge is 0.306 e. The Hall–Kier alpha value is -1.13. The second-order valence-electron chi connectivity index (χ2n) is 7.12. The van der Waals surface area contributed by atoms with Crippen molar-refractivity contribution >= 4 is 5.97 Å². The zero-order valence-corrected chi connectivity index (χ0v) is 14.8. The third kappa shape index (κ3) is 5.75. The molecule has 0 spiro atoms. The molecule has 4 heteroatoms. The highest BCUT2D eigenvalue weighted by Gasteiger charge is 2.42. The fraction of sp³-hybridized carbons (Fsp3) is 0.750. The molecule has 0 bridgehead atoms. The van der Waals surface area contributed by atoms with Crippen LogP contribution in [0.3, 0.4) is 0 Å². The number of unbranched alkanes of at least 4 members (excludes halogenated alkanes) is 2. The molecule has 1 fully saturated rings. The second-order valence-corrected chi connectivity index (χ2v) is 7.12. The molecule has 0 aromatic rings. The van der Waals surface area contributed by atoms with Gasteiger partial charge in [-0.3, -0.25) is 4.79 Å². The molecule has 2 N–H and O–H groups in total. The van der Waals surface area contributed by atoms with Gasteiger partial charge in [-0.25, -0.2) is 0 Å². The molecule has 1 aliphatic carbocycles. The molecule has 0 aromatic heterocycles. The quantitative estimate of drug-likeness (QED) is 0.442. The zero-order valence-electron chi connectivity index (χ0n) is 14.8. The average Bonchev–Trinajstić information content (AvgIpc) is 2.84. The maximum atomic E-state index is 11.9. The molecule has 0 aromatic carbocycles. The van der Waals surface area contributed by atoms with E-state index in [1.54, 1.807) is 0 Å². The molecule has 0 radical (unpaired) electrons. The molecular weight excluding hydrogens is 304 g/mol. The van der Waals surface area contributed by atoms with Gasteiger partial charge in [0.25, 0.3) is 0 Å². The number of aliphatic hydroxyl groups is 2. The predicted octanol–water partition coefficient (Wildman–Crippen LogP) is 3.52. The van der Waals surface area contributed by atoms with Gasteiger partial charge in [-0.1, -0.05) is 50.5 Å². The molecule has 4 nitrogen and oxygen atoms in total. The Morgan fingerprint density at radius 3 is 3.00 bits per heavy atom. The number of allylic oxidation sites excluding steroid dienone is 2. The van der Waals surface area contributed by atoms with Gasteiger partial charge >= 0.3 is 5.97 Å². The third-order valence-electron chi connectivity index (χ3n) is 5.16. The van der Waals surface area contributed by atoms with Crippen molar-refractivity contribution in [2.45, 2.75) is 83.0 Å². The maximum Gasteiger partial charge on any atom is 0.306 e. The lowest BCUT2D eigenvalue weighted by Gasteiger charge is -2.23. The van der Waals surface area contributed by atoms with Crippen LogP contribution in [0.1, 0.15) is 64.7 Å². The molecule has 5 unspecified atom stereocenters.